The molecular formula is C26H37NO4Si. The van der Waals surface area contributed by atoms with Crippen LogP contribution in [0.4, 0.5) is 4.79 Å². The largest absolute Gasteiger partial charge is 0.444 e. The summed E-state index contributed by atoms with van der Waals surface area (Å²) < 4.78 is 12.6. The number of benzene rings is 2. The minimum absolute atomic E-state index is 0.149. The summed E-state index contributed by atoms with van der Waals surface area (Å²) in [5.74, 6) is 0. The van der Waals surface area contributed by atoms with Crippen molar-refractivity contribution in [2.45, 2.75) is 70.7 Å². The van der Waals surface area contributed by atoms with E-state index in [1.54, 1.807) is 4.90 Å². The molecule has 0 radical (unpaired) electrons. The summed E-state index contributed by atoms with van der Waals surface area (Å²) in [6, 6.07) is 20.6. The molecule has 0 bridgehead atoms. The second-order valence-electron chi connectivity index (χ2n) is 10.7. The molecule has 1 N–H and O–H groups in total. The number of carbonyl (C=O) groups excluding carboxylic acids is 1. The smallest absolute Gasteiger partial charge is 0.410 e. The number of aliphatic hydroxyl groups excluding tert-OH is 1. The molecule has 2 aromatic rings. The lowest BCUT2D eigenvalue weighted by Gasteiger charge is -2.44. The average Bonchev–Trinajstić information content (AvgIpc) is 3.09. The first-order valence-corrected chi connectivity index (χ1v) is 13.3. The number of aliphatic hydroxyl groups is 1. The molecule has 1 saturated heterocycles. The summed E-state index contributed by atoms with van der Waals surface area (Å²) in [6.07, 6.45) is -0.488. The molecule has 0 aliphatic carbocycles. The lowest BCUT2D eigenvalue weighted by atomic mass is 10.2. The Morgan fingerprint density at radius 2 is 1.47 bits per heavy atom. The minimum atomic E-state index is -2.71. The number of hydrogen-bond donors (Lipinski definition) is 1. The van der Waals surface area contributed by atoms with Gasteiger partial charge in [-0.05, 0) is 42.6 Å². The minimum Gasteiger partial charge on any atom is -0.444 e. The van der Waals surface area contributed by atoms with Gasteiger partial charge in [0, 0.05) is 0 Å². The quantitative estimate of drug-likeness (QED) is 0.694. The van der Waals surface area contributed by atoms with Crippen LogP contribution < -0.4 is 10.4 Å². The zero-order valence-corrected chi connectivity index (χ0v) is 21.2. The zero-order valence-electron chi connectivity index (χ0n) is 20.2. The number of rotatable bonds is 5. The van der Waals surface area contributed by atoms with Crippen LogP contribution in [0.5, 0.6) is 0 Å². The van der Waals surface area contributed by atoms with Crippen molar-refractivity contribution in [2.75, 3.05) is 13.2 Å². The molecule has 0 aromatic heterocycles. The highest BCUT2D eigenvalue weighted by atomic mass is 28.4. The maximum atomic E-state index is 12.8. The monoisotopic (exact) mass is 455 g/mol. The normalized spacial score (nSPS) is 19.8. The standard InChI is InChI=1S/C26H37NO4Si/c1-25(2,3)31-24(29)27-18-21(28)17-20(27)19-30-32(26(4,5)6,22-13-9-7-10-14-22)23-15-11-8-12-16-23/h7-16,20-21,28H,17-19H2,1-6H3. The molecular weight excluding hydrogens is 418 g/mol. The van der Waals surface area contributed by atoms with Crippen LogP contribution in [0.1, 0.15) is 48.0 Å². The first kappa shape index (κ1) is 24.5. The van der Waals surface area contributed by atoms with Crippen molar-refractivity contribution in [3.8, 4) is 0 Å². The predicted octanol–water partition coefficient (Wildman–Crippen LogP) is 3.93. The highest BCUT2D eigenvalue weighted by Gasteiger charge is 2.51. The fourth-order valence-corrected chi connectivity index (χ4v) is 9.17. The number of carbonyl (C=O) groups is 1. The second kappa shape index (κ2) is 9.38. The number of amides is 1. The van der Waals surface area contributed by atoms with Gasteiger partial charge in [0.25, 0.3) is 8.32 Å². The molecule has 174 valence electrons. The Balaban J connectivity index is 1.96. The fraction of sp³-hybridized carbons (Fsp3) is 0.500. The number of hydrogen-bond acceptors (Lipinski definition) is 4. The number of β-amino-alcohol motifs (C(OH)–C–C–N with tert-alkyl or cyclic N) is 1. The number of ether oxygens (including phenoxy) is 1. The second-order valence-corrected chi connectivity index (χ2v) is 15.0. The van der Waals surface area contributed by atoms with E-state index >= 15 is 0 Å². The van der Waals surface area contributed by atoms with Crippen LogP contribution in [-0.2, 0) is 9.16 Å². The topological polar surface area (TPSA) is 59.0 Å². The molecule has 1 heterocycles. The van der Waals surface area contributed by atoms with E-state index in [2.05, 4.69) is 69.3 Å². The van der Waals surface area contributed by atoms with Crippen molar-refractivity contribution in [2.24, 2.45) is 0 Å². The molecule has 1 aliphatic heterocycles. The van der Waals surface area contributed by atoms with Crippen molar-refractivity contribution in [1.82, 2.24) is 4.90 Å². The Labute approximate surface area is 193 Å². The van der Waals surface area contributed by atoms with Crippen molar-refractivity contribution < 1.29 is 19.1 Å². The first-order valence-electron chi connectivity index (χ1n) is 11.4. The molecule has 2 unspecified atom stereocenters. The summed E-state index contributed by atoms with van der Waals surface area (Å²) >= 11 is 0. The van der Waals surface area contributed by atoms with E-state index < -0.39 is 26.1 Å². The lowest BCUT2D eigenvalue weighted by Crippen LogP contribution is -2.67. The van der Waals surface area contributed by atoms with Crippen LogP contribution in [0.15, 0.2) is 60.7 Å². The number of nitrogens with zero attached hydrogens (tertiary/aromatic N) is 1. The van der Waals surface area contributed by atoms with Crippen molar-refractivity contribution >= 4 is 24.8 Å². The highest BCUT2D eigenvalue weighted by Crippen LogP contribution is 2.37. The number of likely N-dealkylation sites (tertiary alicyclic amines) is 1. The molecule has 3 rings (SSSR count). The predicted molar refractivity (Wildman–Crippen MR) is 131 cm³/mol. The van der Waals surface area contributed by atoms with Gasteiger partial charge in [-0.3, -0.25) is 0 Å². The van der Waals surface area contributed by atoms with E-state index in [0.717, 1.165) is 0 Å². The Kier molecular flexibility index (Phi) is 7.17. The van der Waals surface area contributed by atoms with E-state index in [4.69, 9.17) is 9.16 Å². The van der Waals surface area contributed by atoms with Gasteiger partial charge in [-0.1, -0.05) is 81.4 Å². The summed E-state index contributed by atoms with van der Waals surface area (Å²) in [5.41, 5.74) is -0.589. The third-order valence-electron chi connectivity index (χ3n) is 5.93. The maximum Gasteiger partial charge on any atom is 0.410 e. The molecule has 1 fully saturated rings. The molecule has 6 heteroatoms. The lowest BCUT2D eigenvalue weighted by molar-refractivity contribution is 0.0169. The highest BCUT2D eigenvalue weighted by molar-refractivity contribution is 6.99. The average molecular weight is 456 g/mol. The summed E-state index contributed by atoms with van der Waals surface area (Å²) in [4.78, 5) is 14.5. The van der Waals surface area contributed by atoms with Crippen LogP contribution in [0.3, 0.4) is 0 Å². The molecule has 0 saturated carbocycles. The van der Waals surface area contributed by atoms with E-state index in [-0.39, 0.29) is 17.6 Å². The van der Waals surface area contributed by atoms with Gasteiger partial charge in [-0.15, -0.1) is 0 Å². The van der Waals surface area contributed by atoms with Crippen LogP contribution in [0.2, 0.25) is 5.04 Å². The molecule has 2 aromatic carbocycles. The molecule has 2 atom stereocenters. The molecule has 5 nitrogen and oxygen atoms in total. The molecule has 1 aliphatic rings. The Morgan fingerprint density at radius 1 is 0.969 bits per heavy atom. The van der Waals surface area contributed by atoms with E-state index in [1.165, 1.54) is 10.4 Å². The van der Waals surface area contributed by atoms with Gasteiger partial charge < -0.3 is 19.2 Å². The van der Waals surface area contributed by atoms with Crippen LogP contribution in [0.25, 0.3) is 0 Å². The Bertz CT molecular complexity index is 850. The molecule has 32 heavy (non-hydrogen) atoms. The maximum absolute atomic E-state index is 12.8. The van der Waals surface area contributed by atoms with Crippen molar-refractivity contribution in [3.63, 3.8) is 0 Å². The van der Waals surface area contributed by atoms with Crippen LogP contribution >= 0.6 is 0 Å². The van der Waals surface area contributed by atoms with Gasteiger partial charge in [-0.25, -0.2) is 4.79 Å². The van der Waals surface area contributed by atoms with Crippen molar-refractivity contribution in [1.29, 1.82) is 0 Å². The van der Waals surface area contributed by atoms with Gasteiger partial charge in [-0.2, -0.15) is 0 Å². The summed E-state index contributed by atoms with van der Waals surface area (Å²) in [5, 5.41) is 12.6. The molecule has 1 amide bonds. The van der Waals surface area contributed by atoms with E-state index in [0.29, 0.717) is 13.0 Å². The van der Waals surface area contributed by atoms with Crippen LogP contribution in [-0.4, -0.2) is 55.3 Å². The first-order chi connectivity index (χ1) is 14.9. The summed E-state index contributed by atoms with van der Waals surface area (Å²) in [7, 11) is -2.71. The third-order valence-corrected chi connectivity index (χ3v) is 10.9. The third kappa shape index (κ3) is 5.25. The van der Waals surface area contributed by atoms with E-state index in [9.17, 15) is 9.90 Å². The van der Waals surface area contributed by atoms with Crippen LogP contribution in [0, 0.1) is 0 Å². The Hall–Kier alpha value is -2.15. The van der Waals surface area contributed by atoms with Gasteiger partial charge >= 0.3 is 6.09 Å². The van der Waals surface area contributed by atoms with Gasteiger partial charge in [0.15, 0.2) is 0 Å². The van der Waals surface area contributed by atoms with Crippen molar-refractivity contribution in [3.05, 3.63) is 60.7 Å². The summed E-state index contributed by atoms with van der Waals surface area (Å²) in [6.45, 7) is 12.9. The van der Waals surface area contributed by atoms with Gasteiger partial charge in [0.1, 0.15) is 5.60 Å². The zero-order chi connectivity index (χ0) is 23.6. The van der Waals surface area contributed by atoms with Gasteiger partial charge in [0.05, 0.1) is 25.3 Å². The van der Waals surface area contributed by atoms with E-state index in [1.807, 2.05) is 32.9 Å². The molecule has 0 spiro atoms. The Morgan fingerprint density at radius 3 is 1.91 bits per heavy atom. The fourth-order valence-electron chi connectivity index (χ4n) is 4.58. The SMILES string of the molecule is CC(C)(C)OC(=O)N1CC(O)CC1CO[Si](c1ccccc1)(c1ccccc1)C(C)(C)C. The van der Waals surface area contributed by atoms with Gasteiger partial charge in [0.2, 0.25) is 0 Å².